The van der Waals surface area contributed by atoms with Crippen LogP contribution in [0.4, 0.5) is 5.82 Å². The van der Waals surface area contributed by atoms with Gasteiger partial charge in [-0.05, 0) is 24.1 Å². The Morgan fingerprint density at radius 3 is 2.57 bits per heavy atom. The van der Waals surface area contributed by atoms with Gasteiger partial charge in [-0.25, -0.2) is 4.98 Å². The number of likely N-dealkylation sites (tertiary alicyclic amines) is 1. The van der Waals surface area contributed by atoms with Crippen molar-refractivity contribution in [3.63, 3.8) is 0 Å². The Hall–Kier alpha value is -2.48. The Kier molecular flexibility index (Phi) is 5.30. The third-order valence-corrected chi connectivity index (χ3v) is 5.79. The normalized spacial score (nSPS) is 26.2. The van der Waals surface area contributed by atoms with E-state index >= 15 is 0 Å². The van der Waals surface area contributed by atoms with Crippen molar-refractivity contribution >= 4 is 11.7 Å². The summed E-state index contributed by atoms with van der Waals surface area (Å²) in [5.41, 5.74) is 6.04. The number of nitrogens with two attached hydrogens (primary N) is 1. The fourth-order valence-electron chi connectivity index (χ4n) is 4.19. The summed E-state index contributed by atoms with van der Waals surface area (Å²) < 4.78 is 5.50. The molecule has 2 fully saturated rings. The molecule has 28 heavy (non-hydrogen) atoms. The highest BCUT2D eigenvalue weighted by Gasteiger charge is 2.47. The number of piperidine rings is 1. The average Bonchev–Trinajstić information content (AvgIpc) is 2.75. The molecule has 3 heterocycles. The van der Waals surface area contributed by atoms with Crippen LogP contribution in [0.1, 0.15) is 22.3 Å². The number of pyridine rings is 1. The highest BCUT2D eigenvalue weighted by Crippen LogP contribution is 2.36. The van der Waals surface area contributed by atoms with Crippen LogP contribution in [0.25, 0.3) is 0 Å². The second-order valence-electron chi connectivity index (χ2n) is 7.43. The van der Waals surface area contributed by atoms with Crippen molar-refractivity contribution in [2.45, 2.75) is 18.1 Å². The lowest BCUT2D eigenvalue weighted by Gasteiger charge is -2.50. The molecule has 0 spiro atoms. The van der Waals surface area contributed by atoms with Gasteiger partial charge in [-0.1, -0.05) is 30.3 Å². The molecule has 0 saturated carbocycles. The maximum Gasteiger partial charge on any atom is 0.255 e. The van der Waals surface area contributed by atoms with E-state index in [-0.39, 0.29) is 11.9 Å². The summed E-state index contributed by atoms with van der Waals surface area (Å²) in [4.78, 5) is 21.1. The first-order chi connectivity index (χ1) is 13.6. The number of aliphatic hydroxyl groups is 1. The van der Waals surface area contributed by atoms with Crippen LogP contribution in [-0.2, 0) is 10.3 Å². The van der Waals surface area contributed by atoms with E-state index in [2.05, 4.69) is 9.88 Å². The molecule has 0 aliphatic carbocycles. The molecule has 2 saturated heterocycles. The SMILES string of the molecule is Nc1ccc(C(=O)N2CC[C@](O)(c3ccccc3)[C@H](N3CCOCC3)C2)cn1. The number of aromatic nitrogens is 1. The molecule has 2 atom stereocenters. The number of nitrogen functional groups attached to an aromatic ring is 1. The molecular weight excluding hydrogens is 356 g/mol. The summed E-state index contributed by atoms with van der Waals surface area (Å²) in [6.45, 7) is 3.69. The van der Waals surface area contributed by atoms with Crippen molar-refractivity contribution in [1.82, 2.24) is 14.8 Å². The highest BCUT2D eigenvalue weighted by molar-refractivity contribution is 5.94. The van der Waals surface area contributed by atoms with E-state index in [1.54, 1.807) is 12.1 Å². The number of hydrogen-bond donors (Lipinski definition) is 2. The van der Waals surface area contributed by atoms with Crippen LogP contribution < -0.4 is 5.73 Å². The Morgan fingerprint density at radius 2 is 1.89 bits per heavy atom. The second kappa shape index (κ2) is 7.87. The van der Waals surface area contributed by atoms with E-state index in [4.69, 9.17) is 10.5 Å². The fourth-order valence-corrected chi connectivity index (χ4v) is 4.19. The molecule has 4 rings (SSSR count). The minimum Gasteiger partial charge on any atom is -0.384 e. The zero-order valence-corrected chi connectivity index (χ0v) is 15.8. The minimum absolute atomic E-state index is 0.0825. The molecule has 1 aromatic carbocycles. The van der Waals surface area contributed by atoms with Gasteiger partial charge in [-0.15, -0.1) is 0 Å². The molecule has 2 aromatic rings. The molecule has 2 aliphatic heterocycles. The number of benzene rings is 1. The van der Waals surface area contributed by atoms with Crippen LogP contribution >= 0.6 is 0 Å². The maximum absolute atomic E-state index is 13.0. The summed E-state index contributed by atoms with van der Waals surface area (Å²) in [5, 5.41) is 11.7. The molecular formula is C21H26N4O3. The van der Waals surface area contributed by atoms with Crippen molar-refractivity contribution in [3.05, 3.63) is 59.8 Å². The highest BCUT2D eigenvalue weighted by atomic mass is 16.5. The van der Waals surface area contributed by atoms with E-state index in [9.17, 15) is 9.90 Å². The summed E-state index contributed by atoms with van der Waals surface area (Å²) in [6.07, 6.45) is 1.99. The van der Waals surface area contributed by atoms with Crippen molar-refractivity contribution in [1.29, 1.82) is 0 Å². The molecule has 7 nitrogen and oxygen atoms in total. The summed E-state index contributed by atoms with van der Waals surface area (Å²) in [6, 6.07) is 12.9. The third kappa shape index (κ3) is 3.61. The van der Waals surface area contributed by atoms with Gasteiger partial charge in [-0.2, -0.15) is 0 Å². The fraction of sp³-hybridized carbons (Fsp3) is 0.429. The Bertz CT molecular complexity index is 808. The topological polar surface area (TPSA) is 91.9 Å². The summed E-state index contributed by atoms with van der Waals surface area (Å²) in [7, 11) is 0. The predicted octanol–water partition coefficient (Wildman–Crippen LogP) is 1.10. The lowest BCUT2D eigenvalue weighted by Crippen LogP contribution is -2.63. The zero-order valence-electron chi connectivity index (χ0n) is 15.8. The molecule has 2 aliphatic rings. The number of hydrogen-bond acceptors (Lipinski definition) is 6. The number of amides is 1. The van der Waals surface area contributed by atoms with E-state index < -0.39 is 5.60 Å². The largest absolute Gasteiger partial charge is 0.384 e. The monoisotopic (exact) mass is 382 g/mol. The van der Waals surface area contributed by atoms with Crippen molar-refractivity contribution < 1.29 is 14.6 Å². The molecule has 148 valence electrons. The van der Waals surface area contributed by atoms with Gasteiger partial charge in [-0.3, -0.25) is 9.69 Å². The van der Waals surface area contributed by atoms with Crippen LogP contribution in [-0.4, -0.2) is 71.2 Å². The minimum atomic E-state index is -1.01. The van der Waals surface area contributed by atoms with E-state index in [0.717, 1.165) is 18.7 Å². The van der Waals surface area contributed by atoms with Gasteiger partial charge < -0.3 is 20.5 Å². The molecule has 0 radical (unpaired) electrons. The molecule has 7 heteroatoms. The zero-order chi connectivity index (χ0) is 19.6. The van der Waals surface area contributed by atoms with Gasteiger partial charge >= 0.3 is 0 Å². The van der Waals surface area contributed by atoms with Crippen LogP contribution in [0.3, 0.4) is 0 Å². The quantitative estimate of drug-likeness (QED) is 0.826. The lowest BCUT2D eigenvalue weighted by molar-refractivity contribution is -0.112. The van der Waals surface area contributed by atoms with Crippen LogP contribution in [0.15, 0.2) is 48.7 Å². The smallest absolute Gasteiger partial charge is 0.255 e. The first-order valence-electron chi connectivity index (χ1n) is 9.68. The van der Waals surface area contributed by atoms with Crippen molar-refractivity contribution in [3.8, 4) is 0 Å². The predicted molar refractivity (Wildman–Crippen MR) is 106 cm³/mol. The molecule has 0 unspecified atom stereocenters. The number of nitrogens with zero attached hydrogens (tertiary/aromatic N) is 3. The average molecular weight is 382 g/mol. The molecule has 1 amide bonds. The number of carbonyl (C=O) groups is 1. The Labute approximate surface area is 164 Å². The van der Waals surface area contributed by atoms with Gasteiger partial charge in [0.25, 0.3) is 5.91 Å². The number of morpholine rings is 1. The molecule has 3 N–H and O–H groups in total. The first-order valence-corrected chi connectivity index (χ1v) is 9.68. The van der Waals surface area contributed by atoms with E-state index in [1.165, 1.54) is 6.20 Å². The summed E-state index contributed by atoms with van der Waals surface area (Å²) >= 11 is 0. The molecule has 1 aromatic heterocycles. The summed E-state index contributed by atoms with van der Waals surface area (Å²) in [5.74, 6) is 0.306. The van der Waals surface area contributed by atoms with Crippen LogP contribution in [0, 0.1) is 0 Å². The third-order valence-electron chi connectivity index (χ3n) is 5.79. The van der Waals surface area contributed by atoms with Crippen LogP contribution in [0.5, 0.6) is 0 Å². The standard InChI is InChI=1S/C21H26N4O3/c22-19-7-6-16(14-23-19)20(26)25-9-8-21(27,17-4-2-1-3-5-17)18(15-25)24-10-12-28-13-11-24/h1-7,14,18,27H,8-13,15H2,(H2,22,23)/t18-,21+/m1/s1. The van der Waals surface area contributed by atoms with Gasteiger partial charge in [0.15, 0.2) is 0 Å². The maximum atomic E-state index is 13.0. The second-order valence-corrected chi connectivity index (χ2v) is 7.43. The number of carbonyl (C=O) groups excluding carboxylic acids is 1. The van der Waals surface area contributed by atoms with Gasteiger partial charge in [0, 0.05) is 32.4 Å². The van der Waals surface area contributed by atoms with Gasteiger partial charge in [0.05, 0.1) is 24.8 Å². The lowest BCUT2D eigenvalue weighted by atomic mass is 9.79. The van der Waals surface area contributed by atoms with Crippen molar-refractivity contribution in [2.24, 2.45) is 0 Å². The van der Waals surface area contributed by atoms with Crippen molar-refractivity contribution in [2.75, 3.05) is 45.1 Å². The van der Waals surface area contributed by atoms with Crippen LogP contribution in [0.2, 0.25) is 0 Å². The Morgan fingerprint density at radius 1 is 1.14 bits per heavy atom. The molecule has 0 bridgehead atoms. The van der Waals surface area contributed by atoms with Gasteiger partial charge in [0.1, 0.15) is 11.4 Å². The van der Waals surface area contributed by atoms with Gasteiger partial charge in [0.2, 0.25) is 0 Å². The van der Waals surface area contributed by atoms with E-state index in [0.29, 0.717) is 44.1 Å². The number of rotatable bonds is 3. The van der Waals surface area contributed by atoms with E-state index in [1.807, 2.05) is 35.2 Å². The first kappa shape index (κ1) is 18.9. The number of ether oxygens (including phenoxy) is 1. The Balaban J connectivity index is 1.61. The number of anilines is 1.